The van der Waals surface area contributed by atoms with Crippen LogP contribution in [0.25, 0.3) is 22.2 Å². The van der Waals surface area contributed by atoms with Crippen LogP contribution in [0.2, 0.25) is 0 Å². The maximum Gasteiger partial charge on any atom is 0.305 e. The van der Waals surface area contributed by atoms with Crippen molar-refractivity contribution in [1.29, 1.82) is 0 Å². The highest BCUT2D eigenvalue weighted by Gasteiger charge is 2.21. The molecule has 0 radical (unpaired) electrons. The molecular formula is C21H17FN4O5S. The summed E-state index contributed by atoms with van der Waals surface area (Å²) >= 11 is 0. The Balaban J connectivity index is 1.80. The third-order valence-electron chi connectivity index (χ3n) is 4.91. The van der Waals surface area contributed by atoms with Gasteiger partial charge in [-0.1, -0.05) is 18.2 Å². The summed E-state index contributed by atoms with van der Waals surface area (Å²) < 4.78 is 44.7. The van der Waals surface area contributed by atoms with E-state index in [1.54, 1.807) is 30.3 Å². The number of rotatable bonds is 6. The largest absolute Gasteiger partial charge is 0.496 e. The Morgan fingerprint density at radius 2 is 1.97 bits per heavy atom. The Morgan fingerprint density at radius 3 is 2.66 bits per heavy atom. The van der Waals surface area contributed by atoms with E-state index in [1.807, 2.05) is 0 Å². The minimum Gasteiger partial charge on any atom is -0.496 e. The van der Waals surface area contributed by atoms with Crippen molar-refractivity contribution in [2.75, 3.05) is 13.4 Å². The Bertz CT molecular complexity index is 1470. The molecule has 2 aromatic carbocycles. The maximum absolute atomic E-state index is 13.9. The predicted molar refractivity (Wildman–Crippen MR) is 116 cm³/mol. The van der Waals surface area contributed by atoms with Gasteiger partial charge < -0.3 is 4.74 Å². The molecule has 0 fully saturated rings. The summed E-state index contributed by atoms with van der Waals surface area (Å²) in [5, 5.41) is 11.8. The lowest BCUT2D eigenvalue weighted by molar-refractivity contribution is -0.387. The number of hydrogen-bond acceptors (Lipinski definition) is 7. The summed E-state index contributed by atoms with van der Waals surface area (Å²) in [4.78, 5) is 19.0. The first-order valence-corrected chi connectivity index (χ1v) is 11.2. The number of methoxy groups -OCH3 is 1. The summed E-state index contributed by atoms with van der Waals surface area (Å²) in [6.07, 6.45) is 4.16. The van der Waals surface area contributed by atoms with Gasteiger partial charge in [-0.2, -0.15) is 4.39 Å². The van der Waals surface area contributed by atoms with Crippen LogP contribution >= 0.6 is 0 Å². The Morgan fingerprint density at radius 1 is 1.22 bits per heavy atom. The Kier molecular flexibility index (Phi) is 5.35. The van der Waals surface area contributed by atoms with Crippen LogP contribution in [0.15, 0.2) is 54.9 Å². The molecule has 0 aliphatic carbocycles. The second-order valence-corrected chi connectivity index (χ2v) is 8.89. The second-order valence-electron chi connectivity index (χ2n) is 7.03. The first-order chi connectivity index (χ1) is 15.2. The van der Waals surface area contributed by atoms with Crippen LogP contribution in [0.5, 0.6) is 5.75 Å². The van der Waals surface area contributed by atoms with Gasteiger partial charge in [0.25, 0.3) is 0 Å². The van der Waals surface area contributed by atoms with Crippen LogP contribution in [0.3, 0.4) is 0 Å². The number of hydrogen-bond donors (Lipinski definition) is 0. The quantitative estimate of drug-likeness (QED) is 0.322. The van der Waals surface area contributed by atoms with Gasteiger partial charge in [0.05, 0.1) is 29.5 Å². The molecule has 0 unspecified atom stereocenters. The average Bonchev–Trinajstić information content (AvgIpc) is 3.15. The predicted octanol–water partition coefficient (Wildman–Crippen LogP) is 3.55. The highest BCUT2D eigenvalue weighted by atomic mass is 32.2. The normalized spacial score (nSPS) is 11.6. The van der Waals surface area contributed by atoms with Crippen LogP contribution in [-0.2, 0) is 16.4 Å². The monoisotopic (exact) mass is 456 g/mol. The molecule has 0 bridgehead atoms. The molecule has 4 rings (SSSR count). The lowest BCUT2D eigenvalue weighted by Gasteiger charge is -2.09. The van der Waals surface area contributed by atoms with Gasteiger partial charge in [0, 0.05) is 47.5 Å². The van der Waals surface area contributed by atoms with E-state index in [9.17, 15) is 22.9 Å². The highest BCUT2D eigenvalue weighted by molar-refractivity contribution is 7.89. The number of fused-ring (bicyclic) bond motifs is 1. The molecule has 0 spiro atoms. The van der Waals surface area contributed by atoms with Crippen molar-refractivity contribution in [2.45, 2.75) is 6.42 Å². The van der Waals surface area contributed by atoms with Crippen LogP contribution in [0, 0.1) is 15.9 Å². The van der Waals surface area contributed by atoms with Gasteiger partial charge in [0.1, 0.15) is 11.6 Å². The van der Waals surface area contributed by atoms with Crippen molar-refractivity contribution >= 4 is 26.6 Å². The molecule has 0 atom stereocenters. The van der Waals surface area contributed by atoms with E-state index >= 15 is 0 Å². The molecule has 0 aliphatic heterocycles. The van der Waals surface area contributed by atoms with Gasteiger partial charge in [-0.15, -0.1) is 0 Å². The molecule has 0 amide bonds. The molecule has 0 N–H and O–H groups in total. The fraction of sp³-hybridized carbons (Fsp3) is 0.143. The third kappa shape index (κ3) is 3.89. The van der Waals surface area contributed by atoms with Gasteiger partial charge >= 0.3 is 5.69 Å². The fourth-order valence-corrected chi connectivity index (χ4v) is 4.30. The number of halogens is 1. The summed E-state index contributed by atoms with van der Waals surface area (Å²) in [5.74, 6) is -0.562. The van der Waals surface area contributed by atoms with Crippen molar-refractivity contribution < 1.29 is 22.5 Å². The lowest BCUT2D eigenvalue weighted by atomic mass is 10.1. The van der Waals surface area contributed by atoms with E-state index in [0.29, 0.717) is 33.5 Å². The zero-order valence-corrected chi connectivity index (χ0v) is 17.8. The Hall–Kier alpha value is -3.86. The van der Waals surface area contributed by atoms with Crippen molar-refractivity contribution in [3.63, 3.8) is 0 Å². The fourth-order valence-electron chi connectivity index (χ4n) is 3.49. The van der Waals surface area contributed by atoms with Crippen LogP contribution in [0.1, 0.15) is 11.4 Å². The van der Waals surface area contributed by atoms with Gasteiger partial charge in [-0.25, -0.2) is 22.4 Å². The molecule has 0 saturated carbocycles. The standard InChI is InChI=1S/C21H17FN4O5S/c1-31-20-11-16(22)19(26(27)28)9-13(20)10-21-23-8-7-17(24-21)15-12-25(32(2,29)30)18-6-4-3-5-14(15)18/h3-9,11-12H,10H2,1-2H3. The molecular weight excluding hydrogens is 439 g/mol. The summed E-state index contributed by atoms with van der Waals surface area (Å²) in [7, 11) is -2.21. The molecule has 11 heteroatoms. The molecule has 2 aromatic heterocycles. The summed E-state index contributed by atoms with van der Waals surface area (Å²) in [5.41, 5.74) is 1.25. The van der Waals surface area contributed by atoms with Gasteiger partial charge in [0.2, 0.25) is 15.8 Å². The van der Waals surface area contributed by atoms with Gasteiger partial charge in [-0.3, -0.25) is 10.1 Å². The summed E-state index contributed by atoms with van der Waals surface area (Å²) in [6, 6.07) is 10.7. The zero-order valence-electron chi connectivity index (χ0n) is 17.0. The molecule has 4 aromatic rings. The molecule has 164 valence electrons. The number of nitro benzene ring substituents is 1. The number of ether oxygens (including phenoxy) is 1. The molecule has 2 heterocycles. The number of aromatic nitrogens is 3. The van der Waals surface area contributed by atoms with Crippen molar-refractivity contribution in [1.82, 2.24) is 13.9 Å². The second kappa shape index (κ2) is 8.00. The van der Waals surface area contributed by atoms with Crippen LogP contribution in [0.4, 0.5) is 10.1 Å². The number of nitro groups is 1. The number of para-hydroxylation sites is 1. The average molecular weight is 456 g/mol. The first kappa shape index (κ1) is 21.4. The van der Waals surface area contributed by atoms with E-state index in [2.05, 4.69) is 9.97 Å². The van der Waals surface area contributed by atoms with Crippen molar-refractivity contribution in [2.24, 2.45) is 0 Å². The van der Waals surface area contributed by atoms with Crippen molar-refractivity contribution in [3.05, 3.63) is 82.2 Å². The molecule has 0 aliphatic rings. The van der Waals surface area contributed by atoms with E-state index in [4.69, 9.17) is 4.74 Å². The minimum atomic E-state index is -3.54. The van der Waals surface area contributed by atoms with Crippen LogP contribution < -0.4 is 4.74 Å². The first-order valence-electron chi connectivity index (χ1n) is 9.32. The zero-order chi connectivity index (χ0) is 23.0. The third-order valence-corrected chi connectivity index (χ3v) is 5.93. The number of benzene rings is 2. The Labute approximate surface area is 182 Å². The van der Waals surface area contributed by atoms with Crippen LogP contribution in [-0.4, -0.2) is 40.6 Å². The smallest absolute Gasteiger partial charge is 0.305 e. The van der Waals surface area contributed by atoms with Gasteiger partial charge in [-0.05, 0) is 12.1 Å². The van der Waals surface area contributed by atoms with Crippen molar-refractivity contribution in [3.8, 4) is 17.0 Å². The molecule has 0 saturated heterocycles. The van der Waals surface area contributed by atoms with E-state index < -0.39 is 26.5 Å². The van der Waals surface area contributed by atoms with E-state index in [-0.39, 0.29) is 12.2 Å². The SMILES string of the molecule is COc1cc(F)c([N+](=O)[O-])cc1Cc1nccc(-c2cn(S(C)(=O)=O)c3ccccc23)n1. The highest BCUT2D eigenvalue weighted by Crippen LogP contribution is 2.32. The minimum absolute atomic E-state index is 0.0445. The summed E-state index contributed by atoms with van der Waals surface area (Å²) in [6.45, 7) is 0. The topological polar surface area (TPSA) is 117 Å². The van der Waals surface area contributed by atoms with E-state index in [1.165, 1.54) is 23.5 Å². The molecule has 32 heavy (non-hydrogen) atoms. The van der Waals surface area contributed by atoms with E-state index in [0.717, 1.165) is 18.4 Å². The maximum atomic E-state index is 13.9. The lowest BCUT2D eigenvalue weighted by Crippen LogP contribution is -2.08. The van der Waals surface area contributed by atoms with Gasteiger partial charge in [0.15, 0.2) is 0 Å². The number of nitrogens with zero attached hydrogens (tertiary/aromatic N) is 4. The molecule has 9 nitrogen and oxygen atoms in total.